The number of hydrogen-bond acceptors (Lipinski definition) is 3. The average Bonchev–Trinajstić information content (AvgIpc) is 2.31. The maximum atomic E-state index is 12.0. The van der Waals surface area contributed by atoms with Crippen LogP contribution < -0.4 is 5.32 Å². The summed E-state index contributed by atoms with van der Waals surface area (Å²) < 4.78 is 0.121. The van der Waals surface area contributed by atoms with Crippen LogP contribution in [0.5, 0.6) is 0 Å². The molecule has 3 nitrogen and oxygen atoms in total. The Kier molecular flexibility index (Phi) is 4.88. The summed E-state index contributed by atoms with van der Waals surface area (Å²) in [5.41, 5.74) is -0.717. The first-order valence-electron chi connectivity index (χ1n) is 6.33. The molecule has 4 heteroatoms. The third-order valence-corrected chi connectivity index (χ3v) is 5.74. The summed E-state index contributed by atoms with van der Waals surface area (Å²) in [6.45, 7) is 4.97. The Hall–Kier alpha value is -0.690. The number of thioether (sulfide) groups is 1. The van der Waals surface area contributed by atoms with Crippen molar-refractivity contribution >= 4 is 17.7 Å². The van der Waals surface area contributed by atoms with Crippen molar-refractivity contribution in [2.45, 2.75) is 50.7 Å². The first kappa shape index (κ1) is 14.4. The first-order chi connectivity index (χ1) is 8.08. The van der Waals surface area contributed by atoms with Gasteiger partial charge < -0.3 is 5.32 Å². The molecule has 1 rings (SSSR count). The largest absolute Gasteiger partial charge is 0.353 e. The number of hydrogen-bond donors (Lipinski definition) is 1. The van der Waals surface area contributed by atoms with E-state index in [2.05, 4.69) is 31.5 Å². The lowest BCUT2D eigenvalue weighted by Gasteiger charge is -2.36. The van der Waals surface area contributed by atoms with E-state index in [0.29, 0.717) is 6.54 Å². The highest BCUT2D eigenvalue weighted by atomic mass is 32.2. The van der Waals surface area contributed by atoms with Gasteiger partial charge in [0.1, 0.15) is 5.41 Å². The van der Waals surface area contributed by atoms with Crippen molar-refractivity contribution in [1.29, 1.82) is 5.26 Å². The highest BCUT2D eigenvalue weighted by Crippen LogP contribution is 2.40. The van der Waals surface area contributed by atoms with E-state index in [0.717, 1.165) is 32.1 Å². The van der Waals surface area contributed by atoms with Crippen molar-refractivity contribution in [3.8, 4) is 6.07 Å². The maximum absolute atomic E-state index is 12.0. The van der Waals surface area contributed by atoms with Crippen LogP contribution in [0.1, 0.15) is 46.0 Å². The molecule has 0 aliphatic heterocycles. The van der Waals surface area contributed by atoms with Crippen molar-refractivity contribution in [2.75, 3.05) is 12.8 Å². The van der Waals surface area contributed by atoms with Crippen LogP contribution >= 0.6 is 11.8 Å². The summed E-state index contributed by atoms with van der Waals surface area (Å²) in [5.74, 6) is -0.0634. The number of nitrogens with one attached hydrogen (secondary N) is 1. The van der Waals surface area contributed by atoms with E-state index in [9.17, 15) is 4.79 Å². The Morgan fingerprint density at radius 3 is 2.35 bits per heavy atom. The Labute approximate surface area is 108 Å². The van der Waals surface area contributed by atoms with E-state index < -0.39 is 5.41 Å². The number of amides is 1. The minimum absolute atomic E-state index is 0.0634. The van der Waals surface area contributed by atoms with Gasteiger partial charge in [-0.05, 0) is 38.4 Å². The topological polar surface area (TPSA) is 52.9 Å². The molecule has 0 aromatic rings. The van der Waals surface area contributed by atoms with E-state index >= 15 is 0 Å². The van der Waals surface area contributed by atoms with Crippen molar-refractivity contribution in [3.63, 3.8) is 0 Å². The molecule has 0 aromatic heterocycles. The summed E-state index contributed by atoms with van der Waals surface area (Å²) >= 11 is 1.81. The summed E-state index contributed by atoms with van der Waals surface area (Å²) in [6, 6.07) is 2.19. The molecule has 0 saturated heterocycles. The minimum Gasteiger partial charge on any atom is -0.353 e. The van der Waals surface area contributed by atoms with Gasteiger partial charge in [-0.2, -0.15) is 17.0 Å². The third kappa shape index (κ3) is 2.77. The van der Waals surface area contributed by atoms with Gasteiger partial charge in [-0.25, -0.2) is 0 Å². The lowest BCUT2D eigenvalue weighted by Crippen LogP contribution is -2.49. The van der Waals surface area contributed by atoms with Crippen LogP contribution in [0.15, 0.2) is 0 Å². The van der Waals surface area contributed by atoms with Gasteiger partial charge in [-0.1, -0.05) is 13.8 Å². The average molecular weight is 254 g/mol. The molecule has 0 aromatic carbocycles. The first-order valence-corrected chi connectivity index (χ1v) is 7.55. The third-order valence-electron chi connectivity index (χ3n) is 4.15. The van der Waals surface area contributed by atoms with Gasteiger partial charge in [0.05, 0.1) is 6.07 Å². The molecule has 1 amide bonds. The van der Waals surface area contributed by atoms with Crippen LogP contribution in [-0.4, -0.2) is 23.5 Å². The molecule has 1 aliphatic rings. The highest BCUT2D eigenvalue weighted by molar-refractivity contribution is 8.00. The van der Waals surface area contributed by atoms with E-state index in [1.807, 2.05) is 0 Å². The molecule has 1 N–H and O–H groups in total. The summed E-state index contributed by atoms with van der Waals surface area (Å²) in [6.07, 6.45) is 6.59. The molecular formula is C13H22N2OS. The molecule has 0 spiro atoms. The Morgan fingerprint density at radius 1 is 1.47 bits per heavy atom. The van der Waals surface area contributed by atoms with Crippen molar-refractivity contribution < 1.29 is 4.79 Å². The lowest BCUT2D eigenvalue weighted by atomic mass is 9.69. The monoisotopic (exact) mass is 254 g/mol. The smallest absolute Gasteiger partial charge is 0.240 e. The van der Waals surface area contributed by atoms with Crippen LogP contribution in [0.2, 0.25) is 0 Å². The zero-order valence-electron chi connectivity index (χ0n) is 11.0. The Balaban J connectivity index is 2.56. The number of rotatable bonds is 6. The summed E-state index contributed by atoms with van der Waals surface area (Å²) in [7, 11) is 0. The van der Waals surface area contributed by atoms with E-state index in [-0.39, 0.29) is 10.7 Å². The van der Waals surface area contributed by atoms with E-state index in [4.69, 9.17) is 5.26 Å². The van der Waals surface area contributed by atoms with Gasteiger partial charge in [0.25, 0.3) is 0 Å². The van der Waals surface area contributed by atoms with E-state index in [1.54, 1.807) is 11.8 Å². The SMILES string of the molecule is CCC(CC)(CNC(=O)C1(C#N)CCC1)SC. The van der Waals surface area contributed by atoms with Crippen molar-refractivity contribution in [3.05, 3.63) is 0 Å². The van der Waals surface area contributed by atoms with Crippen LogP contribution in [0.25, 0.3) is 0 Å². The fraction of sp³-hybridized carbons (Fsp3) is 0.846. The van der Waals surface area contributed by atoms with Gasteiger partial charge in [-0.15, -0.1) is 0 Å². The van der Waals surface area contributed by atoms with Crippen LogP contribution in [0.3, 0.4) is 0 Å². The Morgan fingerprint density at radius 2 is 2.06 bits per heavy atom. The maximum Gasteiger partial charge on any atom is 0.240 e. The molecule has 96 valence electrons. The van der Waals surface area contributed by atoms with E-state index in [1.165, 1.54) is 0 Å². The van der Waals surface area contributed by atoms with Crippen molar-refractivity contribution in [2.24, 2.45) is 5.41 Å². The molecule has 1 aliphatic carbocycles. The molecule has 0 bridgehead atoms. The molecule has 0 atom stereocenters. The summed E-state index contributed by atoms with van der Waals surface area (Å²) in [4.78, 5) is 12.0. The molecule has 1 fully saturated rings. The predicted octanol–water partition coefficient (Wildman–Crippen LogP) is 2.72. The summed E-state index contributed by atoms with van der Waals surface area (Å²) in [5, 5.41) is 12.1. The highest BCUT2D eigenvalue weighted by Gasteiger charge is 2.45. The van der Waals surface area contributed by atoms with Gasteiger partial charge in [-0.3, -0.25) is 4.79 Å². The second-order valence-corrected chi connectivity index (χ2v) is 6.10. The van der Waals surface area contributed by atoms with Gasteiger partial charge in [0.15, 0.2) is 0 Å². The normalized spacial score (nSPS) is 18.0. The van der Waals surface area contributed by atoms with Gasteiger partial charge in [0, 0.05) is 11.3 Å². The van der Waals surface area contributed by atoms with Gasteiger partial charge >= 0.3 is 0 Å². The zero-order chi connectivity index (χ0) is 12.9. The van der Waals surface area contributed by atoms with Crippen molar-refractivity contribution in [1.82, 2.24) is 5.32 Å². The Bertz CT molecular complexity index is 306. The molecule has 0 radical (unpaired) electrons. The molecule has 0 heterocycles. The molecule has 1 saturated carbocycles. The molecule has 17 heavy (non-hydrogen) atoms. The molecular weight excluding hydrogens is 232 g/mol. The fourth-order valence-electron chi connectivity index (χ4n) is 2.19. The lowest BCUT2D eigenvalue weighted by molar-refractivity contribution is -0.131. The second kappa shape index (κ2) is 5.77. The van der Waals surface area contributed by atoms with Crippen LogP contribution in [0, 0.1) is 16.7 Å². The number of carbonyl (C=O) groups excluding carboxylic acids is 1. The van der Waals surface area contributed by atoms with Gasteiger partial charge in [0.2, 0.25) is 5.91 Å². The molecule has 0 unspecified atom stereocenters. The fourth-order valence-corrected chi connectivity index (χ4v) is 2.99. The number of nitrogens with zero attached hydrogens (tertiary/aromatic N) is 1. The minimum atomic E-state index is -0.717. The number of nitriles is 1. The zero-order valence-corrected chi connectivity index (χ0v) is 11.8. The number of carbonyl (C=O) groups is 1. The second-order valence-electron chi connectivity index (χ2n) is 4.82. The predicted molar refractivity (Wildman–Crippen MR) is 71.7 cm³/mol. The standard InChI is InChI=1S/C13H22N2OS/c1-4-13(5-2,17-3)10-15-11(16)12(9-14)7-6-8-12/h4-8,10H2,1-3H3,(H,15,16). The van der Waals surface area contributed by atoms with Crippen LogP contribution in [-0.2, 0) is 4.79 Å². The quantitative estimate of drug-likeness (QED) is 0.793. The van der Waals surface area contributed by atoms with Crippen LogP contribution in [0.4, 0.5) is 0 Å².